The third-order valence-corrected chi connectivity index (χ3v) is 1.54. The van der Waals surface area contributed by atoms with Crippen LogP contribution in [0.25, 0.3) is 0 Å². The summed E-state index contributed by atoms with van der Waals surface area (Å²) in [6.45, 7) is 6.31. The molecule has 0 heterocycles. The van der Waals surface area contributed by atoms with Gasteiger partial charge in [0, 0.05) is 20.1 Å². The van der Waals surface area contributed by atoms with Crippen molar-refractivity contribution < 1.29 is 0 Å². The number of aliphatic imine (C=N–C) groups is 1. The molecule has 0 unspecified atom stereocenters. The Morgan fingerprint density at radius 3 is 2.00 bits per heavy atom. The molecule has 0 aromatic rings. The van der Waals surface area contributed by atoms with Gasteiger partial charge in [0.15, 0.2) is 5.96 Å². The van der Waals surface area contributed by atoms with E-state index in [0.29, 0.717) is 5.96 Å². The van der Waals surface area contributed by atoms with E-state index in [1.54, 1.807) is 7.05 Å². The van der Waals surface area contributed by atoms with Crippen molar-refractivity contribution in [1.82, 2.24) is 4.90 Å². The van der Waals surface area contributed by atoms with Crippen molar-refractivity contribution >= 4 is 5.96 Å². The summed E-state index contributed by atoms with van der Waals surface area (Å²) < 4.78 is 0. The summed E-state index contributed by atoms with van der Waals surface area (Å²) in [4.78, 5) is 6.06. The molecule has 0 aromatic carbocycles. The summed E-state index contributed by atoms with van der Waals surface area (Å²) >= 11 is 0. The van der Waals surface area contributed by atoms with Gasteiger partial charge in [-0.05, 0) is 12.8 Å². The Balaban J connectivity index is 3.87. The zero-order valence-electron chi connectivity index (χ0n) is 7.80. The van der Waals surface area contributed by atoms with Gasteiger partial charge in [0.2, 0.25) is 0 Å². The molecule has 11 heavy (non-hydrogen) atoms. The van der Waals surface area contributed by atoms with E-state index in [1.807, 2.05) is 0 Å². The molecule has 0 radical (unpaired) electrons. The quantitative estimate of drug-likeness (QED) is 0.489. The van der Waals surface area contributed by atoms with Gasteiger partial charge in [-0.2, -0.15) is 0 Å². The van der Waals surface area contributed by atoms with Gasteiger partial charge < -0.3 is 10.6 Å². The second kappa shape index (κ2) is 6.01. The zero-order chi connectivity index (χ0) is 8.69. The van der Waals surface area contributed by atoms with E-state index in [-0.39, 0.29) is 0 Å². The van der Waals surface area contributed by atoms with E-state index in [0.717, 1.165) is 25.9 Å². The Hall–Kier alpha value is -0.730. The normalized spacial score (nSPS) is 11.7. The maximum atomic E-state index is 5.67. The standard InChI is InChI=1S/C8H19N3/c1-4-6-11(7-5-2)8(9)10-3/h4-7H2,1-3H3,(H2,9,10). The van der Waals surface area contributed by atoms with Gasteiger partial charge in [-0.3, -0.25) is 4.99 Å². The third-order valence-electron chi connectivity index (χ3n) is 1.54. The molecule has 0 bridgehead atoms. The number of guanidine groups is 1. The van der Waals surface area contributed by atoms with E-state index in [9.17, 15) is 0 Å². The summed E-state index contributed by atoms with van der Waals surface area (Å²) in [5.74, 6) is 0.661. The molecule has 0 spiro atoms. The lowest BCUT2D eigenvalue weighted by Crippen LogP contribution is -2.38. The molecule has 0 fully saturated rings. The number of rotatable bonds is 4. The van der Waals surface area contributed by atoms with Crippen LogP contribution in [0.4, 0.5) is 0 Å². The first-order chi connectivity index (χ1) is 5.26. The fourth-order valence-corrected chi connectivity index (χ4v) is 1.02. The number of hydrogen-bond acceptors (Lipinski definition) is 1. The first-order valence-electron chi connectivity index (χ1n) is 4.23. The highest BCUT2D eigenvalue weighted by molar-refractivity contribution is 5.77. The fourth-order valence-electron chi connectivity index (χ4n) is 1.02. The van der Waals surface area contributed by atoms with E-state index in [2.05, 4.69) is 23.7 Å². The number of hydrogen-bond donors (Lipinski definition) is 1. The molecule has 0 rings (SSSR count). The highest BCUT2D eigenvalue weighted by Crippen LogP contribution is 1.92. The molecule has 0 aliphatic carbocycles. The average Bonchev–Trinajstić information content (AvgIpc) is 2.03. The first-order valence-corrected chi connectivity index (χ1v) is 4.23. The van der Waals surface area contributed by atoms with Gasteiger partial charge in [-0.15, -0.1) is 0 Å². The second-order valence-corrected chi connectivity index (χ2v) is 2.57. The Bertz CT molecular complexity index is 115. The van der Waals surface area contributed by atoms with Crippen LogP contribution in [-0.4, -0.2) is 31.0 Å². The summed E-state index contributed by atoms with van der Waals surface area (Å²) in [6, 6.07) is 0. The lowest BCUT2D eigenvalue weighted by molar-refractivity contribution is 0.412. The molecule has 0 aromatic heterocycles. The van der Waals surface area contributed by atoms with Crippen molar-refractivity contribution in [1.29, 1.82) is 0 Å². The number of nitrogens with zero attached hydrogens (tertiary/aromatic N) is 2. The van der Waals surface area contributed by atoms with Crippen molar-refractivity contribution in [2.75, 3.05) is 20.1 Å². The Morgan fingerprint density at radius 2 is 1.73 bits per heavy atom. The SMILES string of the molecule is CCCN(CCC)C(N)=NC. The Kier molecular flexibility index (Phi) is 5.61. The van der Waals surface area contributed by atoms with Crippen LogP contribution >= 0.6 is 0 Å². The van der Waals surface area contributed by atoms with Crippen LogP contribution in [0, 0.1) is 0 Å². The second-order valence-electron chi connectivity index (χ2n) is 2.57. The summed E-state index contributed by atoms with van der Waals surface area (Å²) in [5.41, 5.74) is 5.67. The van der Waals surface area contributed by atoms with Crippen LogP contribution in [0.15, 0.2) is 4.99 Å². The van der Waals surface area contributed by atoms with Crippen LogP contribution in [0.2, 0.25) is 0 Å². The predicted molar refractivity (Wildman–Crippen MR) is 49.7 cm³/mol. The molecule has 0 amide bonds. The minimum absolute atomic E-state index is 0.661. The van der Waals surface area contributed by atoms with Crippen LogP contribution < -0.4 is 5.73 Å². The maximum absolute atomic E-state index is 5.67. The molecule has 0 saturated heterocycles. The van der Waals surface area contributed by atoms with Crippen molar-refractivity contribution in [3.05, 3.63) is 0 Å². The Labute approximate surface area is 69.3 Å². The van der Waals surface area contributed by atoms with Gasteiger partial charge in [0.05, 0.1) is 0 Å². The molecule has 0 aliphatic heterocycles. The molecule has 0 atom stereocenters. The fraction of sp³-hybridized carbons (Fsp3) is 0.875. The zero-order valence-corrected chi connectivity index (χ0v) is 7.80. The van der Waals surface area contributed by atoms with Crippen molar-refractivity contribution in [3.63, 3.8) is 0 Å². The van der Waals surface area contributed by atoms with Crippen molar-refractivity contribution in [3.8, 4) is 0 Å². The smallest absolute Gasteiger partial charge is 0.190 e. The van der Waals surface area contributed by atoms with E-state index < -0.39 is 0 Å². The molecular weight excluding hydrogens is 138 g/mol. The van der Waals surface area contributed by atoms with Gasteiger partial charge in [0.25, 0.3) is 0 Å². The molecule has 3 nitrogen and oxygen atoms in total. The molecule has 2 N–H and O–H groups in total. The molecular formula is C8H19N3. The maximum Gasteiger partial charge on any atom is 0.190 e. The van der Waals surface area contributed by atoms with Crippen molar-refractivity contribution in [2.45, 2.75) is 26.7 Å². The van der Waals surface area contributed by atoms with E-state index >= 15 is 0 Å². The number of nitrogens with two attached hydrogens (primary N) is 1. The van der Waals surface area contributed by atoms with E-state index in [4.69, 9.17) is 5.73 Å². The molecule has 0 saturated carbocycles. The van der Waals surface area contributed by atoms with Gasteiger partial charge in [-0.1, -0.05) is 13.8 Å². The highest BCUT2D eigenvalue weighted by Gasteiger charge is 2.02. The highest BCUT2D eigenvalue weighted by atomic mass is 15.2. The predicted octanol–water partition coefficient (Wildman–Crippen LogP) is 1.05. The molecule has 66 valence electrons. The minimum atomic E-state index is 0.661. The van der Waals surface area contributed by atoms with Gasteiger partial charge >= 0.3 is 0 Å². The monoisotopic (exact) mass is 157 g/mol. The van der Waals surface area contributed by atoms with Crippen LogP contribution in [0.3, 0.4) is 0 Å². The minimum Gasteiger partial charge on any atom is -0.370 e. The van der Waals surface area contributed by atoms with Gasteiger partial charge in [-0.25, -0.2) is 0 Å². The summed E-state index contributed by atoms with van der Waals surface area (Å²) in [7, 11) is 1.73. The topological polar surface area (TPSA) is 41.6 Å². The van der Waals surface area contributed by atoms with E-state index in [1.165, 1.54) is 0 Å². The molecule has 3 heteroatoms. The van der Waals surface area contributed by atoms with Crippen molar-refractivity contribution in [2.24, 2.45) is 10.7 Å². The lowest BCUT2D eigenvalue weighted by Gasteiger charge is -2.21. The largest absolute Gasteiger partial charge is 0.370 e. The van der Waals surface area contributed by atoms with Crippen LogP contribution in [0.1, 0.15) is 26.7 Å². The van der Waals surface area contributed by atoms with Crippen LogP contribution in [-0.2, 0) is 0 Å². The lowest BCUT2D eigenvalue weighted by atomic mass is 10.4. The van der Waals surface area contributed by atoms with Gasteiger partial charge in [0.1, 0.15) is 0 Å². The summed E-state index contributed by atoms with van der Waals surface area (Å²) in [5, 5.41) is 0. The van der Waals surface area contributed by atoms with Crippen LogP contribution in [0.5, 0.6) is 0 Å². The average molecular weight is 157 g/mol. The Morgan fingerprint density at radius 1 is 1.27 bits per heavy atom. The third kappa shape index (κ3) is 3.86. The summed E-state index contributed by atoms with van der Waals surface area (Å²) in [6.07, 6.45) is 2.24. The first kappa shape index (κ1) is 10.3. The molecule has 0 aliphatic rings.